The van der Waals surface area contributed by atoms with Gasteiger partial charge in [-0.15, -0.1) is 11.3 Å². The Bertz CT molecular complexity index is 726. The van der Waals surface area contributed by atoms with E-state index in [1.54, 1.807) is 11.3 Å². The molecule has 0 unspecified atom stereocenters. The van der Waals surface area contributed by atoms with Crippen molar-refractivity contribution < 1.29 is 9.21 Å². The molecule has 1 amide bonds. The van der Waals surface area contributed by atoms with E-state index in [2.05, 4.69) is 9.80 Å². The van der Waals surface area contributed by atoms with Crippen molar-refractivity contribution in [1.82, 2.24) is 14.8 Å². The van der Waals surface area contributed by atoms with Gasteiger partial charge < -0.3 is 9.32 Å². The normalized spacial score (nSPS) is 19.8. The maximum Gasteiger partial charge on any atom is 0.236 e. The molecular weight excluding hydrogens is 346 g/mol. The molecule has 4 rings (SSSR count). The summed E-state index contributed by atoms with van der Waals surface area (Å²) in [6.45, 7) is 6.65. The second-order valence-electron chi connectivity index (χ2n) is 7.44. The van der Waals surface area contributed by atoms with Crippen molar-refractivity contribution in [2.45, 2.75) is 45.6 Å². The molecular formula is C20H27N3O2S. The van der Waals surface area contributed by atoms with Crippen LogP contribution in [0.4, 0.5) is 0 Å². The quantitative estimate of drug-likeness (QED) is 0.815. The van der Waals surface area contributed by atoms with Crippen molar-refractivity contribution in [1.29, 1.82) is 0 Å². The average molecular weight is 374 g/mol. The highest BCUT2D eigenvalue weighted by molar-refractivity contribution is 7.13. The number of aryl methyl sites for hydroxylation is 1. The fourth-order valence-corrected chi connectivity index (χ4v) is 4.65. The fourth-order valence-electron chi connectivity index (χ4n) is 4.00. The van der Waals surface area contributed by atoms with Gasteiger partial charge in [0.15, 0.2) is 0 Å². The van der Waals surface area contributed by atoms with Crippen LogP contribution in [-0.4, -0.2) is 46.9 Å². The highest BCUT2D eigenvalue weighted by Crippen LogP contribution is 2.28. The van der Waals surface area contributed by atoms with E-state index >= 15 is 0 Å². The van der Waals surface area contributed by atoms with E-state index in [4.69, 9.17) is 9.40 Å². The van der Waals surface area contributed by atoms with Gasteiger partial charge in [0.25, 0.3) is 0 Å². The number of oxazole rings is 1. The molecule has 0 bridgehead atoms. The number of aromatic nitrogens is 1. The molecule has 0 saturated carbocycles. The molecule has 2 aliphatic rings. The number of hydrogen-bond donors (Lipinski definition) is 0. The van der Waals surface area contributed by atoms with Crippen LogP contribution < -0.4 is 0 Å². The molecule has 4 heterocycles. The number of hydrogen-bond acceptors (Lipinski definition) is 5. The van der Waals surface area contributed by atoms with Crippen molar-refractivity contribution >= 4 is 17.2 Å². The van der Waals surface area contributed by atoms with E-state index in [9.17, 15) is 4.79 Å². The summed E-state index contributed by atoms with van der Waals surface area (Å²) in [4.78, 5) is 23.0. The Balaban J connectivity index is 1.32. The molecule has 0 spiro atoms. The van der Waals surface area contributed by atoms with Crippen LogP contribution in [0.15, 0.2) is 21.9 Å². The highest BCUT2D eigenvalue weighted by atomic mass is 32.1. The molecule has 26 heavy (non-hydrogen) atoms. The summed E-state index contributed by atoms with van der Waals surface area (Å²) < 4.78 is 5.85. The SMILES string of the molecule is Cc1oc(-c2cccs2)nc1CN1CCC(C(=O)N2CCCCC2)CC1. The zero-order valence-corrected chi connectivity index (χ0v) is 16.3. The Morgan fingerprint density at radius 1 is 1.23 bits per heavy atom. The molecule has 0 aliphatic carbocycles. The second kappa shape index (κ2) is 7.92. The minimum absolute atomic E-state index is 0.212. The molecule has 140 valence electrons. The third-order valence-electron chi connectivity index (χ3n) is 5.60. The lowest BCUT2D eigenvalue weighted by Crippen LogP contribution is -2.44. The van der Waals surface area contributed by atoms with Gasteiger partial charge in [0.2, 0.25) is 11.8 Å². The predicted octanol–water partition coefficient (Wildman–Crippen LogP) is 3.94. The van der Waals surface area contributed by atoms with E-state index in [-0.39, 0.29) is 5.92 Å². The number of amides is 1. The Kier molecular flexibility index (Phi) is 5.41. The van der Waals surface area contributed by atoms with E-state index in [0.717, 1.165) is 67.8 Å². The van der Waals surface area contributed by atoms with Gasteiger partial charge in [-0.2, -0.15) is 0 Å². The molecule has 0 N–H and O–H groups in total. The first-order valence-electron chi connectivity index (χ1n) is 9.72. The Morgan fingerprint density at radius 2 is 2.00 bits per heavy atom. The minimum Gasteiger partial charge on any atom is -0.440 e. The van der Waals surface area contributed by atoms with Gasteiger partial charge in [0, 0.05) is 25.6 Å². The first-order valence-corrected chi connectivity index (χ1v) is 10.6. The van der Waals surface area contributed by atoms with Crippen LogP contribution in [-0.2, 0) is 11.3 Å². The van der Waals surface area contributed by atoms with E-state index in [1.807, 2.05) is 24.4 Å². The molecule has 0 radical (unpaired) electrons. The Labute approximate surface area is 159 Å². The van der Waals surface area contributed by atoms with Crippen molar-refractivity contribution in [3.8, 4) is 10.8 Å². The van der Waals surface area contributed by atoms with Crippen LogP contribution in [0.5, 0.6) is 0 Å². The lowest BCUT2D eigenvalue weighted by Gasteiger charge is -2.35. The first-order chi connectivity index (χ1) is 12.7. The van der Waals surface area contributed by atoms with Gasteiger partial charge in [-0.1, -0.05) is 6.07 Å². The summed E-state index contributed by atoms with van der Waals surface area (Å²) in [5.41, 5.74) is 1.02. The summed E-state index contributed by atoms with van der Waals surface area (Å²) in [5.74, 6) is 2.23. The molecule has 6 heteroatoms. The zero-order valence-electron chi connectivity index (χ0n) is 15.4. The molecule has 2 fully saturated rings. The van der Waals surface area contributed by atoms with Crippen molar-refractivity contribution in [2.24, 2.45) is 5.92 Å². The van der Waals surface area contributed by atoms with E-state index in [0.29, 0.717) is 5.91 Å². The van der Waals surface area contributed by atoms with Crippen LogP contribution in [0.3, 0.4) is 0 Å². The van der Waals surface area contributed by atoms with Crippen LogP contribution in [0.25, 0.3) is 10.8 Å². The molecule has 5 nitrogen and oxygen atoms in total. The largest absolute Gasteiger partial charge is 0.440 e. The van der Waals surface area contributed by atoms with Crippen molar-refractivity contribution in [3.63, 3.8) is 0 Å². The second-order valence-corrected chi connectivity index (χ2v) is 8.38. The van der Waals surface area contributed by atoms with Gasteiger partial charge in [0.05, 0.1) is 10.6 Å². The van der Waals surface area contributed by atoms with Crippen molar-refractivity contribution in [3.05, 3.63) is 29.0 Å². The Morgan fingerprint density at radius 3 is 2.69 bits per heavy atom. The van der Waals surface area contributed by atoms with Crippen LogP contribution in [0.2, 0.25) is 0 Å². The molecule has 2 aromatic heterocycles. The number of thiophene rings is 1. The van der Waals surface area contributed by atoms with Crippen LogP contribution >= 0.6 is 11.3 Å². The summed E-state index contributed by atoms with van der Waals surface area (Å²) in [6, 6.07) is 4.06. The maximum absolute atomic E-state index is 12.7. The lowest BCUT2D eigenvalue weighted by molar-refractivity contribution is -0.138. The fraction of sp³-hybridized carbons (Fsp3) is 0.600. The molecule has 0 atom stereocenters. The van der Waals surface area contributed by atoms with Gasteiger partial charge in [-0.3, -0.25) is 9.69 Å². The number of carbonyl (C=O) groups is 1. The number of nitrogens with zero attached hydrogens (tertiary/aromatic N) is 3. The topological polar surface area (TPSA) is 49.6 Å². The standard InChI is InChI=1S/C20H27N3O2S/c1-15-17(21-19(25-15)18-6-5-13-26-18)14-22-11-7-16(8-12-22)20(24)23-9-3-2-4-10-23/h5-6,13,16H,2-4,7-12,14H2,1H3. The average Bonchev–Trinajstić information content (AvgIpc) is 3.33. The zero-order chi connectivity index (χ0) is 17.9. The number of carbonyl (C=O) groups excluding carboxylic acids is 1. The number of likely N-dealkylation sites (tertiary alicyclic amines) is 2. The van der Waals surface area contributed by atoms with Gasteiger partial charge in [-0.05, 0) is 63.6 Å². The number of rotatable bonds is 4. The summed E-state index contributed by atoms with van der Waals surface area (Å²) >= 11 is 1.65. The smallest absolute Gasteiger partial charge is 0.236 e. The van der Waals surface area contributed by atoms with E-state index < -0.39 is 0 Å². The van der Waals surface area contributed by atoms with E-state index in [1.165, 1.54) is 19.3 Å². The summed E-state index contributed by atoms with van der Waals surface area (Å²) in [6.07, 6.45) is 5.53. The first kappa shape index (κ1) is 17.7. The minimum atomic E-state index is 0.212. The van der Waals surface area contributed by atoms with Crippen LogP contribution in [0.1, 0.15) is 43.6 Å². The third kappa shape index (κ3) is 3.86. The Hall–Kier alpha value is -1.66. The summed E-state index contributed by atoms with van der Waals surface area (Å²) in [7, 11) is 0. The number of piperidine rings is 2. The lowest BCUT2D eigenvalue weighted by atomic mass is 9.94. The molecule has 0 aromatic carbocycles. The van der Waals surface area contributed by atoms with Gasteiger partial charge >= 0.3 is 0 Å². The molecule has 2 aliphatic heterocycles. The van der Waals surface area contributed by atoms with Gasteiger partial charge in [-0.25, -0.2) is 4.98 Å². The monoisotopic (exact) mass is 373 g/mol. The molecule has 2 aromatic rings. The van der Waals surface area contributed by atoms with Gasteiger partial charge in [0.1, 0.15) is 5.76 Å². The summed E-state index contributed by atoms with van der Waals surface area (Å²) in [5, 5.41) is 2.04. The third-order valence-corrected chi connectivity index (χ3v) is 6.46. The molecule has 2 saturated heterocycles. The highest BCUT2D eigenvalue weighted by Gasteiger charge is 2.29. The van der Waals surface area contributed by atoms with Crippen LogP contribution in [0, 0.1) is 12.8 Å². The maximum atomic E-state index is 12.7. The van der Waals surface area contributed by atoms with Crippen molar-refractivity contribution in [2.75, 3.05) is 26.2 Å². The predicted molar refractivity (Wildman–Crippen MR) is 103 cm³/mol.